The minimum atomic E-state index is -4.55. The Labute approximate surface area is 191 Å². The van der Waals surface area contributed by atoms with Crippen molar-refractivity contribution >= 4 is 5.90 Å². The molecule has 3 unspecified atom stereocenters. The normalized spacial score (nSPS) is 23.1. The molecule has 0 spiro atoms. The molecule has 0 aliphatic carbocycles. The molecule has 1 heterocycles. The van der Waals surface area contributed by atoms with Crippen LogP contribution >= 0.6 is 0 Å². The van der Waals surface area contributed by atoms with E-state index in [9.17, 15) is 18.3 Å². The number of aliphatic imine (C=N–C) groups is 1. The largest absolute Gasteiger partial charge is 0.475 e. The molecule has 0 aromatic heterocycles. The summed E-state index contributed by atoms with van der Waals surface area (Å²) in [5.41, 5.74) is 10.2. The van der Waals surface area contributed by atoms with E-state index >= 15 is 0 Å². The summed E-state index contributed by atoms with van der Waals surface area (Å²) in [5.74, 6) is -0.472. The van der Waals surface area contributed by atoms with Gasteiger partial charge in [0.25, 0.3) is 0 Å². The van der Waals surface area contributed by atoms with Crippen LogP contribution in [-0.2, 0) is 23.7 Å². The molecule has 0 saturated carbocycles. The van der Waals surface area contributed by atoms with E-state index in [0.717, 1.165) is 13.0 Å². The van der Waals surface area contributed by atoms with Crippen molar-refractivity contribution in [2.24, 2.45) is 16.5 Å². The Morgan fingerprint density at radius 1 is 1.18 bits per heavy atom. The van der Waals surface area contributed by atoms with Crippen molar-refractivity contribution < 1.29 is 47.1 Å². The Balaban J connectivity index is 2.64. The lowest BCUT2D eigenvalue weighted by atomic mass is 10.0. The van der Waals surface area contributed by atoms with Gasteiger partial charge in [0.05, 0.1) is 45.7 Å². The van der Waals surface area contributed by atoms with Gasteiger partial charge in [0.1, 0.15) is 24.6 Å². The van der Waals surface area contributed by atoms with Crippen molar-refractivity contribution in [3.63, 3.8) is 0 Å². The molecule has 3 atom stereocenters. The van der Waals surface area contributed by atoms with Crippen LogP contribution in [0.5, 0.6) is 0 Å². The van der Waals surface area contributed by atoms with Gasteiger partial charge in [-0.05, 0) is 19.4 Å². The van der Waals surface area contributed by atoms with Crippen molar-refractivity contribution in [1.82, 2.24) is 0 Å². The number of hydrogen-bond acceptors (Lipinski definition) is 10. The second kappa shape index (κ2) is 16.0. The maximum Gasteiger partial charge on any atom is 0.412 e. The lowest BCUT2D eigenvalue weighted by Gasteiger charge is -2.33. The molecule has 13 heteroatoms. The zero-order valence-electron chi connectivity index (χ0n) is 18.6. The molecular weight excluding hydrogens is 451 g/mol. The number of allylic oxidation sites excluding steroid dienone is 1. The van der Waals surface area contributed by atoms with Crippen LogP contribution in [0, 0.1) is 0 Å². The van der Waals surface area contributed by atoms with Crippen LogP contribution in [0.15, 0.2) is 28.5 Å². The van der Waals surface area contributed by atoms with Gasteiger partial charge in [-0.1, -0.05) is 0 Å². The smallest absolute Gasteiger partial charge is 0.412 e. The Hall–Kier alpha value is -1.74. The highest BCUT2D eigenvalue weighted by Crippen LogP contribution is 2.25. The Morgan fingerprint density at radius 2 is 1.85 bits per heavy atom. The van der Waals surface area contributed by atoms with Gasteiger partial charge in [-0.2, -0.15) is 18.2 Å². The summed E-state index contributed by atoms with van der Waals surface area (Å²) < 4.78 is 65.1. The van der Waals surface area contributed by atoms with Crippen LogP contribution in [0.3, 0.4) is 0 Å². The average molecular weight is 486 g/mol. The fraction of sp³-hybridized carbons (Fsp3) is 0.750. The minimum absolute atomic E-state index is 0.0576. The number of alkyl halides is 3. The van der Waals surface area contributed by atoms with Crippen LogP contribution in [0.1, 0.15) is 13.3 Å². The number of rotatable bonds is 14. The van der Waals surface area contributed by atoms with E-state index in [1.165, 1.54) is 6.08 Å². The van der Waals surface area contributed by atoms with E-state index in [1.54, 1.807) is 0 Å². The van der Waals surface area contributed by atoms with E-state index in [1.807, 2.05) is 0 Å². The lowest BCUT2D eigenvalue weighted by Crippen LogP contribution is -2.47. The quantitative estimate of drug-likeness (QED) is 0.154. The molecule has 0 bridgehead atoms. The van der Waals surface area contributed by atoms with Gasteiger partial charge >= 0.3 is 6.18 Å². The fourth-order valence-electron chi connectivity index (χ4n) is 2.60. The second-order valence-corrected chi connectivity index (χ2v) is 7.01. The van der Waals surface area contributed by atoms with Crippen LogP contribution < -0.4 is 11.5 Å². The monoisotopic (exact) mass is 485 g/mol. The predicted octanol–water partition coefficient (Wildman–Crippen LogP) is 0.229. The van der Waals surface area contributed by atoms with Crippen LogP contribution in [0.4, 0.5) is 13.2 Å². The minimum Gasteiger partial charge on any atom is -0.475 e. The number of ether oxygens (including phenoxy) is 5. The summed E-state index contributed by atoms with van der Waals surface area (Å²) in [4.78, 5) is 3.88. The van der Waals surface area contributed by atoms with E-state index in [4.69, 9.17) is 40.3 Å². The summed E-state index contributed by atoms with van der Waals surface area (Å²) >= 11 is 0. The predicted molar refractivity (Wildman–Crippen MR) is 113 cm³/mol. The number of nitrogens with zero attached hydrogens (tertiary/aromatic N) is 1. The lowest BCUT2D eigenvalue weighted by molar-refractivity contribution is -0.161. The van der Waals surface area contributed by atoms with Gasteiger partial charge in [0, 0.05) is 24.8 Å². The summed E-state index contributed by atoms with van der Waals surface area (Å²) in [6, 6.07) is 0. The highest BCUT2D eigenvalue weighted by atomic mass is 19.4. The van der Waals surface area contributed by atoms with E-state index in [-0.39, 0.29) is 44.8 Å². The van der Waals surface area contributed by atoms with Crippen LogP contribution in [0.2, 0.25) is 0 Å². The summed E-state index contributed by atoms with van der Waals surface area (Å²) in [7, 11) is 0. The third-order valence-corrected chi connectivity index (χ3v) is 4.42. The third kappa shape index (κ3) is 12.3. The molecule has 1 rings (SSSR count). The van der Waals surface area contributed by atoms with Crippen LogP contribution in [-0.4, -0.2) is 100.0 Å². The van der Waals surface area contributed by atoms with Gasteiger partial charge in [0.2, 0.25) is 5.90 Å². The maximum atomic E-state index is 12.9. The number of halogens is 3. The van der Waals surface area contributed by atoms with Crippen molar-refractivity contribution in [1.29, 1.82) is 0 Å². The molecule has 1 saturated heterocycles. The summed E-state index contributed by atoms with van der Waals surface area (Å²) in [6.07, 6.45) is -4.41. The van der Waals surface area contributed by atoms with E-state index in [2.05, 4.69) is 4.99 Å². The van der Waals surface area contributed by atoms with Crippen molar-refractivity contribution in [3.05, 3.63) is 23.5 Å². The summed E-state index contributed by atoms with van der Waals surface area (Å²) in [6.45, 7) is 2.25. The number of aliphatic hydroxyl groups excluding tert-OH is 2. The Morgan fingerprint density at radius 3 is 2.48 bits per heavy atom. The van der Waals surface area contributed by atoms with Gasteiger partial charge in [-0.15, -0.1) is 0 Å². The first kappa shape index (κ1) is 29.3. The topological polar surface area (TPSA) is 151 Å². The van der Waals surface area contributed by atoms with E-state index < -0.39 is 30.1 Å². The number of aliphatic hydroxyl groups is 2. The van der Waals surface area contributed by atoms with Gasteiger partial charge < -0.3 is 45.4 Å². The standard InChI is InChI=1S/C20H34F3N3O7/c1-14(20(21,22)23)12-18(33-11-10-30-9-8-29-7-4-24)26-17(25)3-6-31-15-2-5-32-16(13-27)19(15)28/h3,12,15-16,19,27-28H,2,4-11,13,24-25H2,1H3/b14-12+,17-3+,26-18+. The molecule has 192 valence electrons. The van der Waals surface area contributed by atoms with Gasteiger partial charge in [-0.25, -0.2) is 0 Å². The molecule has 0 aromatic rings. The summed E-state index contributed by atoms with van der Waals surface area (Å²) in [5, 5.41) is 19.2. The van der Waals surface area contributed by atoms with Crippen molar-refractivity contribution in [2.75, 3.05) is 59.4 Å². The number of nitrogens with two attached hydrogens (primary N) is 2. The molecule has 1 aliphatic heterocycles. The second-order valence-electron chi connectivity index (χ2n) is 7.01. The van der Waals surface area contributed by atoms with Gasteiger partial charge in [-0.3, -0.25) is 0 Å². The molecule has 1 fully saturated rings. The highest BCUT2D eigenvalue weighted by molar-refractivity contribution is 5.89. The molecule has 0 aromatic carbocycles. The van der Waals surface area contributed by atoms with Crippen LogP contribution in [0.25, 0.3) is 0 Å². The molecule has 0 radical (unpaired) electrons. The first-order chi connectivity index (χ1) is 15.7. The van der Waals surface area contributed by atoms with Gasteiger partial charge in [0.15, 0.2) is 0 Å². The molecule has 0 amide bonds. The molecular formula is C20H34F3N3O7. The Kier molecular flexibility index (Phi) is 14.2. The zero-order valence-corrected chi connectivity index (χ0v) is 18.6. The Bertz CT molecular complexity index is 645. The maximum absolute atomic E-state index is 12.9. The fourth-order valence-corrected chi connectivity index (χ4v) is 2.60. The molecule has 10 nitrogen and oxygen atoms in total. The molecule has 6 N–H and O–H groups in total. The van der Waals surface area contributed by atoms with E-state index in [0.29, 0.717) is 32.8 Å². The first-order valence-electron chi connectivity index (χ1n) is 10.5. The third-order valence-electron chi connectivity index (χ3n) is 4.42. The first-order valence-corrected chi connectivity index (χ1v) is 10.5. The molecule has 33 heavy (non-hydrogen) atoms. The van der Waals surface area contributed by atoms with Crippen molar-refractivity contribution in [2.45, 2.75) is 37.8 Å². The SMILES string of the molecule is C\C(=C/C(=N\C(N)=C\COC1CCOC(CO)C1O)OCCOCCOCCN)C(F)(F)F. The number of hydrogen-bond donors (Lipinski definition) is 4. The zero-order chi connectivity index (χ0) is 24.7. The van der Waals surface area contributed by atoms with Crippen molar-refractivity contribution in [3.8, 4) is 0 Å². The molecule has 1 aliphatic rings. The average Bonchev–Trinajstić information content (AvgIpc) is 2.76. The highest BCUT2D eigenvalue weighted by Gasteiger charge is 2.33.